The van der Waals surface area contributed by atoms with Crippen LogP contribution in [0.4, 0.5) is 0 Å². The maximum Gasteiger partial charge on any atom is 0.168 e. The van der Waals surface area contributed by atoms with Crippen molar-refractivity contribution in [3.05, 3.63) is 23.0 Å². The highest BCUT2D eigenvalue weighted by molar-refractivity contribution is 5.99. The van der Waals surface area contributed by atoms with Crippen molar-refractivity contribution in [2.75, 3.05) is 0 Å². The Kier molecular flexibility index (Phi) is 4.10. The van der Waals surface area contributed by atoms with Gasteiger partial charge in [-0.2, -0.15) is 10.2 Å². The smallest absolute Gasteiger partial charge is 0.168 e. The molecule has 98 valence electrons. The molecule has 2 rings (SSSR count). The minimum Gasteiger partial charge on any atom is -0.294 e. The van der Waals surface area contributed by atoms with Crippen LogP contribution in [-0.2, 0) is 0 Å². The van der Waals surface area contributed by atoms with E-state index in [-0.39, 0.29) is 11.7 Å². The SMILES string of the molecule is CCC1CCCCC1C(=O)c1cc(C)nnc1C. The van der Waals surface area contributed by atoms with Crippen molar-refractivity contribution in [1.29, 1.82) is 0 Å². The Bertz CT molecular complexity index is 442. The predicted molar refractivity (Wildman–Crippen MR) is 71.6 cm³/mol. The Morgan fingerprint density at radius 2 is 2.00 bits per heavy atom. The van der Waals surface area contributed by atoms with Crippen LogP contribution < -0.4 is 0 Å². The molecule has 1 aromatic heterocycles. The van der Waals surface area contributed by atoms with E-state index in [0.29, 0.717) is 5.92 Å². The zero-order chi connectivity index (χ0) is 13.1. The van der Waals surface area contributed by atoms with Gasteiger partial charge in [0.15, 0.2) is 5.78 Å². The largest absolute Gasteiger partial charge is 0.294 e. The zero-order valence-corrected chi connectivity index (χ0v) is 11.6. The molecule has 0 spiro atoms. The van der Waals surface area contributed by atoms with Gasteiger partial charge < -0.3 is 0 Å². The fourth-order valence-corrected chi connectivity index (χ4v) is 3.04. The van der Waals surface area contributed by atoms with Gasteiger partial charge in [-0.3, -0.25) is 4.79 Å². The Morgan fingerprint density at radius 3 is 2.72 bits per heavy atom. The monoisotopic (exact) mass is 246 g/mol. The predicted octanol–water partition coefficient (Wildman–Crippen LogP) is 3.49. The Morgan fingerprint density at radius 1 is 1.28 bits per heavy atom. The van der Waals surface area contributed by atoms with Gasteiger partial charge in [-0.15, -0.1) is 0 Å². The second-order valence-corrected chi connectivity index (χ2v) is 5.41. The standard InChI is InChI=1S/C15H22N2O/c1-4-12-7-5-6-8-13(12)15(18)14-9-10(2)16-17-11(14)3/h9,12-13H,4-8H2,1-3H3. The molecule has 18 heavy (non-hydrogen) atoms. The molecule has 0 saturated heterocycles. The molecule has 0 amide bonds. The number of rotatable bonds is 3. The number of nitrogens with zero attached hydrogens (tertiary/aromatic N) is 2. The lowest BCUT2D eigenvalue weighted by Crippen LogP contribution is -2.27. The third kappa shape index (κ3) is 2.60. The molecule has 0 aromatic carbocycles. The summed E-state index contributed by atoms with van der Waals surface area (Å²) in [6.07, 6.45) is 5.80. The average Bonchev–Trinajstić information content (AvgIpc) is 2.40. The lowest BCUT2D eigenvalue weighted by atomic mass is 9.74. The van der Waals surface area contributed by atoms with E-state index in [1.807, 2.05) is 19.9 Å². The molecule has 0 N–H and O–H groups in total. The van der Waals surface area contributed by atoms with Crippen LogP contribution >= 0.6 is 0 Å². The van der Waals surface area contributed by atoms with Gasteiger partial charge in [0, 0.05) is 11.5 Å². The van der Waals surface area contributed by atoms with Gasteiger partial charge in [0.25, 0.3) is 0 Å². The first-order valence-electron chi connectivity index (χ1n) is 6.98. The number of aromatic nitrogens is 2. The molecule has 3 nitrogen and oxygen atoms in total. The first-order valence-corrected chi connectivity index (χ1v) is 6.98. The molecule has 1 saturated carbocycles. The summed E-state index contributed by atoms with van der Waals surface area (Å²) >= 11 is 0. The maximum atomic E-state index is 12.7. The molecule has 1 aliphatic rings. The van der Waals surface area contributed by atoms with Gasteiger partial charge >= 0.3 is 0 Å². The van der Waals surface area contributed by atoms with E-state index < -0.39 is 0 Å². The van der Waals surface area contributed by atoms with E-state index in [4.69, 9.17) is 0 Å². The second-order valence-electron chi connectivity index (χ2n) is 5.41. The molecular formula is C15H22N2O. The van der Waals surface area contributed by atoms with E-state index in [1.165, 1.54) is 19.3 Å². The number of aryl methyl sites for hydroxylation is 2. The molecule has 3 heteroatoms. The van der Waals surface area contributed by atoms with Gasteiger partial charge in [-0.1, -0.05) is 26.2 Å². The highest BCUT2D eigenvalue weighted by atomic mass is 16.1. The zero-order valence-electron chi connectivity index (χ0n) is 11.6. The first-order chi connectivity index (χ1) is 8.63. The minimum absolute atomic E-state index is 0.200. The maximum absolute atomic E-state index is 12.7. The molecule has 2 unspecified atom stereocenters. The van der Waals surface area contributed by atoms with Crippen LogP contribution in [-0.4, -0.2) is 16.0 Å². The lowest BCUT2D eigenvalue weighted by molar-refractivity contribution is 0.0819. The van der Waals surface area contributed by atoms with Crippen molar-refractivity contribution in [3.63, 3.8) is 0 Å². The highest BCUT2D eigenvalue weighted by Gasteiger charge is 2.31. The van der Waals surface area contributed by atoms with Gasteiger partial charge in [0.2, 0.25) is 0 Å². The summed E-state index contributed by atoms with van der Waals surface area (Å²) in [5.74, 6) is 1.04. The number of ketones is 1. The molecule has 1 aromatic rings. The lowest BCUT2D eigenvalue weighted by Gasteiger charge is -2.29. The number of hydrogen-bond acceptors (Lipinski definition) is 3. The minimum atomic E-state index is 0.200. The summed E-state index contributed by atoms with van der Waals surface area (Å²) in [5.41, 5.74) is 2.38. The van der Waals surface area contributed by atoms with Crippen LogP contribution in [0.1, 0.15) is 60.8 Å². The third-order valence-corrected chi connectivity index (χ3v) is 4.14. The van der Waals surface area contributed by atoms with E-state index in [0.717, 1.165) is 29.8 Å². The first kappa shape index (κ1) is 13.2. The molecule has 0 bridgehead atoms. The molecular weight excluding hydrogens is 224 g/mol. The van der Waals surface area contributed by atoms with Crippen LogP contribution in [0.3, 0.4) is 0 Å². The molecule has 1 aliphatic carbocycles. The quantitative estimate of drug-likeness (QED) is 0.767. The van der Waals surface area contributed by atoms with Crippen molar-refractivity contribution in [1.82, 2.24) is 10.2 Å². The number of carbonyl (C=O) groups excluding carboxylic acids is 1. The average molecular weight is 246 g/mol. The number of hydrogen-bond donors (Lipinski definition) is 0. The summed E-state index contributed by atoms with van der Waals surface area (Å²) in [6, 6.07) is 1.89. The van der Waals surface area contributed by atoms with E-state index in [2.05, 4.69) is 17.1 Å². The number of Topliss-reactive ketones (excluding diaryl/α,β-unsaturated/α-hetero) is 1. The van der Waals surface area contributed by atoms with Gasteiger partial charge in [0.1, 0.15) is 0 Å². The van der Waals surface area contributed by atoms with Crippen molar-refractivity contribution in [2.45, 2.75) is 52.9 Å². The van der Waals surface area contributed by atoms with Gasteiger partial charge in [0.05, 0.1) is 11.4 Å². The van der Waals surface area contributed by atoms with Gasteiger partial charge in [-0.25, -0.2) is 0 Å². The fraction of sp³-hybridized carbons (Fsp3) is 0.667. The third-order valence-electron chi connectivity index (χ3n) is 4.14. The van der Waals surface area contributed by atoms with Crippen LogP contribution in [0.15, 0.2) is 6.07 Å². The topological polar surface area (TPSA) is 42.9 Å². The van der Waals surface area contributed by atoms with Crippen molar-refractivity contribution in [3.8, 4) is 0 Å². The Hall–Kier alpha value is -1.25. The van der Waals surface area contributed by atoms with Crippen molar-refractivity contribution >= 4 is 5.78 Å². The van der Waals surface area contributed by atoms with Crippen LogP contribution in [0.2, 0.25) is 0 Å². The van der Waals surface area contributed by atoms with Gasteiger partial charge in [-0.05, 0) is 38.7 Å². The van der Waals surface area contributed by atoms with E-state index in [1.54, 1.807) is 0 Å². The van der Waals surface area contributed by atoms with Crippen molar-refractivity contribution in [2.24, 2.45) is 11.8 Å². The van der Waals surface area contributed by atoms with Crippen molar-refractivity contribution < 1.29 is 4.79 Å². The van der Waals surface area contributed by atoms with Crippen LogP contribution in [0.25, 0.3) is 0 Å². The van der Waals surface area contributed by atoms with Crippen LogP contribution in [0, 0.1) is 25.7 Å². The molecule has 0 radical (unpaired) electrons. The molecule has 2 atom stereocenters. The number of carbonyl (C=O) groups is 1. The normalized spacial score (nSPS) is 23.9. The summed E-state index contributed by atoms with van der Waals surface area (Å²) in [5, 5.41) is 8.08. The second kappa shape index (κ2) is 5.59. The molecule has 1 fully saturated rings. The van der Waals surface area contributed by atoms with E-state index in [9.17, 15) is 4.79 Å². The highest BCUT2D eigenvalue weighted by Crippen LogP contribution is 2.34. The van der Waals surface area contributed by atoms with Crippen LogP contribution in [0.5, 0.6) is 0 Å². The summed E-state index contributed by atoms with van der Waals surface area (Å²) in [4.78, 5) is 12.7. The summed E-state index contributed by atoms with van der Waals surface area (Å²) in [7, 11) is 0. The Balaban J connectivity index is 2.26. The molecule has 1 heterocycles. The van der Waals surface area contributed by atoms with E-state index >= 15 is 0 Å². The fourth-order valence-electron chi connectivity index (χ4n) is 3.04. The summed E-state index contributed by atoms with van der Waals surface area (Å²) < 4.78 is 0. The summed E-state index contributed by atoms with van der Waals surface area (Å²) in [6.45, 7) is 5.96. The molecule has 0 aliphatic heterocycles. The Labute approximate surface area is 109 Å².